The van der Waals surface area contributed by atoms with Gasteiger partial charge in [0.05, 0.1) is 0 Å². The summed E-state index contributed by atoms with van der Waals surface area (Å²) in [6, 6.07) is 7.65. The van der Waals surface area contributed by atoms with Crippen molar-refractivity contribution in [3.05, 3.63) is 40.2 Å². The van der Waals surface area contributed by atoms with E-state index in [0.29, 0.717) is 16.7 Å². The van der Waals surface area contributed by atoms with Gasteiger partial charge < -0.3 is 15.1 Å². The topological polar surface area (TPSA) is 54.3 Å². The first-order chi connectivity index (χ1) is 12.0. The van der Waals surface area contributed by atoms with Gasteiger partial charge in [0, 0.05) is 29.2 Å². The van der Waals surface area contributed by atoms with Gasteiger partial charge in [-0.25, -0.2) is 4.79 Å². The van der Waals surface area contributed by atoms with Gasteiger partial charge in [-0.2, -0.15) is 0 Å². The van der Waals surface area contributed by atoms with Crippen molar-refractivity contribution in [2.45, 2.75) is 45.6 Å². The number of benzene rings is 1. The Morgan fingerprint density at radius 3 is 2.84 bits per heavy atom. The quantitative estimate of drug-likeness (QED) is 0.637. The van der Waals surface area contributed by atoms with Crippen LogP contribution in [0.4, 0.5) is 5.69 Å². The van der Waals surface area contributed by atoms with Crippen LogP contribution in [0, 0.1) is 24.7 Å². The lowest BCUT2D eigenvalue weighted by Crippen LogP contribution is -2.42. The zero-order chi connectivity index (χ0) is 17.6. The summed E-state index contributed by atoms with van der Waals surface area (Å²) in [4.78, 5) is 11.6. The number of thiocarbonyl (C=S) groups is 1. The number of hydrogen-bond acceptors (Lipinski definition) is 3. The van der Waals surface area contributed by atoms with Crippen LogP contribution in [-0.2, 0) is 0 Å². The zero-order valence-electron chi connectivity index (χ0n) is 14.7. The number of hydrogen-bond donors (Lipinski definition) is 2. The normalized spacial score (nSPS) is 25.9. The van der Waals surface area contributed by atoms with Crippen LogP contribution in [0.25, 0.3) is 11.0 Å². The highest BCUT2D eigenvalue weighted by molar-refractivity contribution is 7.80. The molecule has 0 spiro atoms. The lowest BCUT2D eigenvalue weighted by atomic mass is 9.84. The Morgan fingerprint density at radius 1 is 1.28 bits per heavy atom. The van der Waals surface area contributed by atoms with Gasteiger partial charge in [0.2, 0.25) is 0 Å². The fourth-order valence-electron chi connectivity index (χ4n) is 4.79. The molecule has 0 amide bonds. The minimum absolute atomic E-state index is 0.326. The third kappa shape index (κ3) is 3.30. The largest absolute Gasteiger partial charge is 0.423 e. The summed E-state index contributed by atoms with van der Waals surface area (Å²) >= 11 is 5.49. The summed E-state index contributed by atoms with van der Waals surface area (Å²) in [7, 11) is 0. The molecule has 25 heavy (non-hydrogen) atoms. The predicted molar refractivity (Wildman–Crippen MR) is 105 cm³/mol. The molecule has 132 valence electrons. The summed E-state index contributed by atoms with van der Waals surface area (Å²) in [5.41, 5.74) is 2.01. The minimum atomic E-state index is -0.326. The van der Waals surface area contributed by atoms with Crippen molar-refractivity contribution in [1.82, 2.24) is 5.32 Å². The van der Waals surface area contributed by atoms with Crippen molar-refractivity contribution < 1.29 is 4.42 Å². The molecule has 4 nitrogen and oxygen atoms in total. The van der Waals surface area contributed by atoms with E-state index in [-0.39, 0.29) is 5.63 Å². The molecular weight excluding hydrogens is 332 g/mol. The van der Waals surface area contributed by atoms with Crippen molar-refractivity contribution in [3.63, 3.8) is 0 Å². The van der Waals surface area contributed by atoms with E-state index in [4.69, 9.17) is 16.6 Å². The molecule has 1 heterocycles. The lowest BCUT2D eigenvalue weighted by Gasteiger charge is -2.29. The second-order valence-electron chi connectivity index (χ2n) is 7.69. The summed E-state index contributed by atoms with van der Waals surface area (Å²) in [6.45, 7) is 4.15. The van der Waals surface area contributed by atoms with Crippen LogP contribution >= 0.6 is 12.2 Å². The molecule has 2 aliphatic carbocycles. The van der Waals surface area contributed by atoms with Crippen LogP contribution in [0.2, 0.25) is 0 Å². The molecule has 2 aromatic rings. The fraction of sp³-hybridized carbons (Fsp3) is 0.500. The smallest absolute Gasteiger partial charge is 0.336 e. The van der Waals surface area contributed by atoms with Crippen molar-refractivity contribution in [3.8, 4) is 0 Å². The Balaban J connectivity index is 1.44. The zero-order valence-corrected chi connectivity index (χ0v) is 15.5. The van der Waals surface area contributed by atoms with E-state index in [9.17, 15) is 4.79 Å². The molecule has 2 bridgehead atoms. The van der Waals surface area contributed by atoms with Crippen LogP contribution in [0.5, 0.6) is 0 Å². The molecule has 0 aliphatic heterocycles. The Kier molecular flexibility index (Phi) is 4.28. The summed E-state index contributed by atoms with van der Waals surface area (Å²) < 4.78 is 5.30. The molecule has 4 rings (SSSR count). The second kappa shape index (κ2) is 6.45. The Bertz CT molecular complexity index is 876. The Morgan fingerprint density at radius 2 is 2.12 bits per heavy atom. The van der Waals surface area contributed by atoms with E-state index in [1.54, 1.807) is 0 Å². The first-order valence-electron chi connectivity index (χ1n) is 9.11. The molecule has 2 N–H and O–H groups in total. The number of rotatable bonds is 3. The van der Waals surface area contributed by atoms with Crippen molar-refractivity contribution in [2.75, 3.05) is 5.32 Å². The van der Waals surface area contributed by atoms with Gasteiger partial charge in [0.15, 0.2) is 5.11 Å². The molecule has 5 heteroatoms. The van der Waals surface area contributed by atoms with E-state index in [1.807, 2.05) is 25.1 Å². The highest BCUT2D eigenvalue weighted by Gasteiger charge is 2.41. The molecule has 0 saturated heterocycles. The van der Waals surface area contributed by atoms with Crippen molar-refractivity contribution >= 4 is 34.0 Å². The first kappa shape index (κ1) is 16.6. The molecule has 2 fully saturated rings. The van der Waals surface area contributed by atoms with E-state index in [0.717, 1.165) is 34.4 Å². The van der Waals surface area contributed by atoms with Gasteiger partial charge in [0.1, 0.15) is 5.58 Å². The fourth-order valence-corrected chi connectivity index (χ4v) is 5.09. The number of aryl methyl sites for hydroxylation is 1. The summed E-state index contributed by atoms with van der Waals surface area (Å²) in [6.07, 6.45) is 5.53. The van der Waals surface area contributed by atoms with Crippen LogP contribution in [0.15, 0.2) is 33.5 Å². The van der Waals surface area contributed by atoms with Crippen molar-refractivity contribution in [2.24, 2.45) is 17.8 Å². The molecule has 1 aromatic heterocycles. The van der Waals surface area contributed by atoms with Crippen LogP contribution in [-0.4, -0.2) is 11.2 Å². The molecule has 4 atom stereocenters. The maximum atomic E-state index is 11.6. The number of fused-ring (bicyclic) bond motifs is 3. The van der Waals surface area contributed by atoms with Gasteiger partial charge in [-0.05, 0) is 80.8 Å². The Labute approximate surface area is 153 Å². The van der Waals surface area contributed by atoms with Gasteiger partial charge in [-0.15, -0.1) is 0 Å². The Hall–Kier alpha value is -1.88. The maximum Gasteiger partial charge on any atom is 0.336 e. The van der Waals surface area contributed by atoms with E-state index >= 15 is 0 Å². The van der Waals surface area contributed by atoms with E-state index in [2.05, 4.69) is 17.6 Å². The SMILES string of the molecule is Cc1cc(=O)oc2cc(NC(=S)N[C@H](C)[C@H]3C[C@H]4CC[C@H]3C4)ccc12. The van der Waals surface area contributed by atoms with Crippen LogP contribution in [0.3, 0.4) is 0 Å². The lowest BCUT2D eigenvalue weighted by molar-refractivity contribution is 0.279. The third-order valence-corrected chi connectivity index (χ3v) is 6.22. The van der Waals surface area contributed by atoms with E-state index < -0.39 is 0 Å². The summed E-state index contributed by atoms with van der Waals surface area (Å²) in [5, 5.41) is 8.26. The van der Waals surface area contributed by atoms with Gasteiger partial charge in [-0.3, -0.25) is 0 Å². The monoisotopic (exact) mass is 356 g/mol. The second-order valence-corrected chi connectivity index (χ2v) is 8.09. The van der Waals surface area contributed by atoms with Gasteiger partial charge >= 0.3 is 5.63 Å². The van der Waals surface area contributed by atoms with Crippen LogP contribution < -0.4 is 16.3 Å². The average Bonchev–Trinajstić information content (AvgIpc) is 3.17. The molecule has 2 aliphatic rings. The molecule has 0 unspecified atom stereocenters. The highest BCUT2D eigenvalue weighted by atomic mass is 32.1. The number of nitrogens with one attached hydrogen (secondary N) is 2. The maximum absolute atomic E-state index is 11.6. The highest BCUT2D eigenvalue weighted by Crippen LogP contribution is 2.49. The van der Waals surface area contributed by atoms with Gasteiger partial charge in [0.25, 0.3) is 0 Å². The van der Waals surface area contributed by atoms with Crippen LogP contribution in [0.1, 0.15) is 38.2 Å². The molecule has 0 radical (unpaired) electrons. The molecule has 1 aromatic carbocycles. The molecule has 2 saturated carbocycles. The standard InChI is InChI=1S/C20H24N2O2S/c1-11-7-19(23)24-18-10-15(5-6-16(11)18)22-20(25)21-12(2)17-9-13-3-4-14(17)8-13/h5-7,10,12-14,17H,3-4,8-9H2,1-2H3,(H2,21,22,25)/t12-,13+,14+,17-/m1/s1. The number of anilines is 1. The van der Waals surface area contributed by atoms with Gasteiger partial charge in [-0.1, -0.05) is 6.42 Å². The van der Waals surface area contributed by atoms with Crippen molar-refractivity contribution in [1.29, 1.82) is 0 Å². The first-order valence-corrected chi connectivity index (χ1v) is 9.52. The molecular formula is C20H24N2O2S. The minimum Gasteiger partial charge on any atom is -0.423 e. The average molecular weight is 356 g/mol. The summed E-state index contributed by atoms with van der Waals surface area (Å²) in [5.74, 6) is 2.54. The third-order valence-electron chi connectivity index (χ3n) is 6.00. The van der Waals surface area contributed by atoms with E-state index in [1.165, 1.54) is 31.7 Å². The predicted octanol–water partition coefficient (Wildman–Crippen LogP) is 4.21.